The molecule has 1 fully saturated rings. The fourth-order valence-corrected chi connectivity index (χ4v) is 3.13. The number of carbonyl (C=O) groups excluding carboxylic acids is 2. The zero-order chi connectivity index (χ0) is 17.9. The summed E-state index contributed by atoms with van der Waals surface area (Å²) >= 11 is 0. The summed E-state index contributed by atoms with van der Waals surface area (Å²) < 4.78 is 1.40. The van der Waals surface area contributed by atoms with Crippen LogP contribution < -0.4 is 22.5 Å². The van der Waals surface area contributed by atoms with Crippen molar-refractivity contribution in [2.75, 3.05) is 5.73 Å². The quantitative estimate of drug-likeness (QED) is 0.559. The van der Waals surface area contributed by atoms with Gasteiger partial charge in [-0.1, -0.05) is 25.7 Å². The highest BCUT2D eigenvalue weighted by Crippen LogP contribution is 2.28. The third-order valence-electron chi connectivity index (χ3n) is 4.50. The van der Waals surface area contributed by atoms with Crippen molar-refractivity contribution in [2.45, 2.75) is 52.0 Å². The van der Waals surface area contributed by atoms with Gasteiger partial charge in [-0.05, 0) is 26.2 Å². The molecular weight excluding hydrogens is 308 g/mol. The van der Waals surface area contributed by atoms with Crippen molar-refractivity contribution in [3.8, 4) is 0 Å². The van der Waals surface area contributed by atoms with E-state index in [9.17, 15) is 9.59 Å². The van der Waals surface area contributed by atoms with Gasteiger partial charge < -0.3 is 22.5 Å². The number of primary amides is 1. The van der Waals surface area contributed by atoms with Crippen molar-refractivity contribution in [2.24, 2.45) is 17.4 Å². The Balaban J connectivity index is 2.11. The van der Waals surface area contributed by atoms with E-state index in [1.807, 2.05) is 0 Å². The molecule has 8 heteroatoms. The molecule has 7 N–H and O–H groups in total. The van der Waals surface area contributed by atoms with Crippen LogP contribution in [0.3, 0.4) is 0 Å². The summed E-state index contributed by atoms with van der Waals surface area (Å²) in [7, 11) is 0. The first-order valence-corrected chi connectivity index (χ1v) is 8.18. The first-order valence-electron chi connectivity index (χ1n) is 8.18. The molecule has 2 amide bonds. The highest BCUT2D eigenvalue weighted by atomic mass is 16.2. The van der Waals surface area contributed by atoms with Gasteiger partial charge in [-0.25, -0.2) is 4.68 Å². The number of nitrogens with two attached hydrogens (primary N) is 3. The number of aryl methyl sites for hydroxylation is 1. The van der Waals surface area contributed by atoms with E-state index in [1.54, 1.807) is 19.9 Å². The lowest BCUT2D eigenvalue weighted by Gasteiger charge is -2.19. The van der Waals surface area contributed by atoms with Crippen molar-refractivity contribution in [3.05, 3.63) is 17.5 Å². The molecular formula is C16H26N6O2. The summed E-state index contributed by atoms with van der Waals surface area (Å²) in [6, 6.07) is 0.963. The molecule has 0 bridgehead atoms. The monoisotopic (exact) mass is 334 g/mol. The number of amides is 2. The third-order valence-corrected chi connectivity index (χ3v) is 4.50. The van der Waals surface area contributed by atoms with Crippen LogP contribution in [0.25, 0.3) is 5.70 Å². The van der Waals surface area contributed by atoms with E-state index in [2.05, 4.69) is 10.4 Å². The molecule has 24 heavy (non-hydrogen) atoms. The van der Waals surface area contributed by atoms with Crippen LogP contribution in [0.1, 0.15) is 44.7 Å². The second-order valence-electron chi connectivity index (χ2n) is 6.44. The molecule has 0 aromatic carbocycles. The van der Waals surface area contributed by atoms with Crippen molar-refractivity contribution in [3.63, 3.8) is 0 Å². The Bertz CT molecular complexity index is 658. The summed E-state index contributed by atoms with van der Waals surface area (Å²) in [5.41, 5.74) is 18.3. The van der Waals surface area contributed by atoms with E-state index >= 15 is 0 Å². The summed E-state index contributed by atoms with van der Waals surface area (Å²) in [6.45, 7) is 3.44. The maximum absolute atomic E-state index is 12.4. The number of hydrogen-bond acceptors (Lipinski definition) is 5. The lowest BCUT2D eigenvalue weighted by atomic mass is 9.98. The topological polar surface area (TPSA) is 142 Å². The van der Waals surface area contributed by atoms with E-state index in [0.717, 1.165) is 31.4 Å². The van der Waals surface area contributed by atoms with Crippen molar-refractivity contribution in [1.82, 2.24) is 15.1 Å². The molecule has 1 aromatic heterocycles. The van der Waals surface area contributed by atoms with Crippen LogP contribution in [0.15, 0.2) is 11.8 Å². The van der Waals surface area contributed by atoms with Gasteiger partial charge in [-0.2, -0.15) is 5.10 Å². The maximum atomic E-state index is 12.4. The Morgan fingerprint density at radius 2 is 2.00 bits per heavy atom. The van der Waals surface area contributed by atoms with E-state index in [1.165, 1.54) is 4.68 Å². The predicted molar refractivity (Wildman–Crippen MR) is 92.2 cm³/mol. The Morgan fingerprint density at radius 1 is 1.38 bits per heavy atom. The first kappa shape index (κ1) is 17.8. The minimum Gasteiger partial charge on any atom is -0.393 e. The van der Waals surface area contributed by atoms with Gasteiger partial charge in [0.25, 0.3) is 5.91 Å². The first-order chi connectivity index (χ1) is 11.3. The molecule has 0 spiro atoms. The Kier molecular flexibility index (Phi) is 5.48. The van der Waals surface area contributed by atoms with Crippen LogP contribution in [-0.2, 0) is 9.59 Å². The highest BCUT2D eigenvalue weighted by molar-refractivity contribution is 5.99. The molecule has 1 aliphatic carbocycles. The molecule has 1 heterocycles. The number of nitrogens with one attached hydrogen (secondary N) is 1. The molecule has 1 aromatic rings. The number of aromatic nitrogens is 2. The molecule has 0 aliphatic heterocycles. The zero-order valence-corrected chi connectivity index (χ0v) is 14.2. The fraction of sp³-hybridized carbons (Fsp3) is 0.562. The Labute approximate surface area is 141 Å². The molecule has 132 valence electrons. The number of rotatable bonds is 6. The largest absolute Gasteiger partial charge is 0.393 e. The minimum absolute atomic E-state index is 0.0394. The smallest absolute Gasteiger partial charge is 0.269 e. The second-order valence-corrected chi connectivity index (χ2v) is 6.44. The van der Waals surface area contributed by atoms with Gasteiger partial charge >= 0.3 is 0 Å². The lowest BCUT2D eigenvalue weighted by molar-refractivity contribution is -0.125. The zero-order valence-electron chi connectivity index (χ0n) is 14.2. The van der Waals surface area contributed by atoms with Crippen LogP contribution in [0.5, 0.6) is 0 Å². The normalized spacial score (nSPS) is 17.4. The van der Waals surface area contributed by atoms with Gasteiger partial charge in [0.05, 0.1) is 11.4 Å². The standard InChI is InChI=1S/C16H26N6O2/c1-9-7-13(17)22(21-9)10(2)14(18)16(24)20-12(15(19)23)8-11-5-3-4-6-11/h7,11-12H,3-6,8,17-18H2,1-2H3,(H2,19,23)(H,20,24)/b14-10-. The van der Waals surface area contributed by atoms with Crippen molar-refractivity contribution >= 4 is 23.3 Å². The summed E-state index contributed by atoms with van der Waals surface area (Å²) in [4.78, 5) is 24.0. The lowest BCUT2D eigenvalue weighted by Crippen LogP contribution is -2.47. The summed E-state index contributed by atoms with van der Waals surface area (Å²) in [5, 5.41) is 6.83. The predicted octanol–water partition coefficient (Wildman–Crippen LogP) is 0.471. The van der Waals surface area contributed by atoms with Crippen LogP contribution in [0.2, 0.25) is 0 Å². The second kappa shape index (κ2) is 7.37. The fourth-order valence-electron chi connectivity index (χ4n) is 3.13. The Hall–Kier alpha value is -2.51. The van der Waals surface area contributed by atoms with Gasteiger partial charge in [-0.3, -0.25) is 9.59 Å². The number of hydrogen-bond donors (Lipinski definition) is 4. The van der Waals surface area contributed by atoms with E-state index in [4.69, 9.17) is 17.2 Å². The molecule has 8 nitrogen and oxygen atoms in total. The van der Waals surface area contributed by atoms with Crippen LogP contribution in [0.4, 0.5) is 5.82 Å². The molecule has 1 aliphatic rings. The number of nitrogens with zero attached hydrogens (tertiary/aromatic N) is 2. The number of nitrogen functional groups attached to an aromatic ring is 1. The molecule has 1 unspecified atom stereocenters. The third kappa shape index (κ3) is 4.06. The van der Waals surface area contributed by atoms with E-state index in [-0.39, 0.29) is 5.70 Å². The van der Waals surface area contributed by atoms with E-state index in [0.29, 0.717) is 23.9 Å². The van der Waals surface area contributed by atoms with Gasteiger partial charge in [-0.15, -0.1) is 0 Å². The Morgan fingerprint density at radius 3 is 2.50 bits per heavy atom. The SMILES string of the molecule is C/C(=C(/N)C(=O)NC(CC1CCCC1)C(N)=O)n1nc(C)cc1N. The van der Waals surface area contributed by atoms with Gasteiger partial charge in [0.15, 0.2) is 0 Å². The average Bonchev–Trinajstić information content (AvgIpc) is 3.14. The molecule has 0 saturated heterocycles. The summed E-state index contributed by atoms with van der Waals surface area (Å²) in [5.74, 6) is -0.284. The molecule has 1 atom stereocenters. The van der Waals surface area contributed by atoms with Crippen LogP contribution >= 0.6 is 0 Å². The molecule has 2 rings (SSSR count). The number of anilines is 1. The van der Waals surface area contributed by atoms with E-state index < -0.39 is 17.9 Å². The summed E-state index contributed by atoms with van der Waals surface area (Å²) in [6.07, 6.45) is 4.99. The van der Waals surface area contributed by atoms with Crippen LogP contribution in [-0.4, -0.2) is 27.6 Å². The molecule has 1 saturated carbocycles. The number of allylic oxidation sites excluding steroid dienone is 1. The average molecular weight is 334 g/mol. The van der Waals surface area contributed by atoms with Gasteiger partial charge in [0, 0.05) is 6.07 Å². The van der Waals surface area contributed by atoms with Crippen LogP contribution in [0, 0.1) is 12.8 Å². The van der Waals surface area contributed by atoms with Crippen molar-refractivity contribution < 1.29 is 9.59 Å². The highest BCUT2D eigenvalue weighted by Gasteiger charge is 2.26. The van der Waals surface area contributed by atoms with Crippen molar-refractivity contribution in [1.29, 1.82) is 0 Å². The maximum Gasteiger partial charge on any atom is 0.269 e. The minimum atomic E-state index is -0.719. The molecule has 0 radical (unpaired) electrons. The number of carbonyl (C=O) groups is 2. The van der Waals surface area contributed by atoms with Gasteiger partial charge in [0.1, 0.15) is 17.6 Å². The van der Waals surface area contributed by atoms with Gasteiger partial charge in [0.2, 0.25) is 5.91 Å².